The van der Waals surface area contributed by atoms with Crippen LogP contribution in [-0.4, -0.2) is 89.7 Å². The van der Waals surface area contributed by atoms with E-state index in [0.717, 1.165) is 43.3 Å². The molecular weight excluding hydrogens is 384 g/mol. The first-order valence-corrected chi connectivity index (χ1v) is 10.5. The van der Waals surface area contributed by atoms with Gasteiger partial charge in [0.15, 0.2) is 0 Å². The van der Waals surface area contributed by atoms with Crippen LogP contribution in [0.25, 0.3) is 11.4 Å². The first-order chi connectivity index (χ1) is 14.6. The van der Waals surface area contributed by atoms with Gasteiger partial charge in [-0.05, 0) is 18.6 Å². The fourth-order valence-corrected chi connectivity index (χ4v) is 3.77. The van der Waals surface area contributed by atoms with Crippen LogP contribution in [-0.2, 0) is 16.0 Å². The molecule has 1 N–H and O–H groups in total. The van der Waals surface area contributed by atoms with E-state index in [1.54, 1.807) is 6.20 Å². The number of rotatable bonds is 5. The molecular formula is C21H28N6O3. The number of nitrogens with one attached hydrogen (secondary N) is 1. The predicted molar refractivity (Wildman–Crippen MR) is 114 cm³/mol. The molecule has 2 aromatic rings. The quantitative estimate of drug-likeness (QED) is 0.758. The van der Waals surface area contributed by atoms with E-state index in [0.29, 0.717) is 45.1 Å². The number of morpholine rings is 1. The predicted octanol–water partition coefficient (Wildman–Crippen LogP) is 0.375. The summed E-state index contributed by atoms with van der Waals surface area (Å²) in [5, 5.41) is 0. The van der Waals surface area contributed by atoms with Crippen LogP contribution in [0.2, 0.25) is 0 Å². The van der Waals surface area contributed by atoms with E-state index in [1.165, 1.54) is 6.07 Å². The van der Waals surface area contributed by atoms with E-state index in [9.17, 15) is 9.59 Å². The summed E-state index contributed by atoms with van der Waals surface area (Å²) in [5.41, 5.74) is 1.39. The van der Waals surface area contributed by atoms with E-state index in [1.807, 2.05) is 24.0 Å². The average molecular weight is 412 g/mol. The maximum atomic E-state index is 12.6. The fraction of sp³-hybridized carbons (Fsp3) is 0.524. The second-order valence-corrected chi connectivity index (χ2v) is 7.60. The molecule has 9 heteroatoms. The number of aryl methyl sites for hydroxylation is 1. The summed E-state index contributed by atoms with van der Waals surface area (Å²) in [5.74, 6) is 1.59. The lowest BCUT2D eigenvalue weighted by atomic mass is 10.2. The van der Waals surface area contributed by atoms with Gasteiger partial charge >= 0.3 is 0 Å². The number of nitrogens with zero attached hydrogens (tertiary/aromatic N) is 5. The Hall–Kier alpha value is -2.78. The van der Waals surface area contributed by atoms with E-state index in [2.05, 4.69) is 24.8 Å². The molecule has 4 heterocycles. The van der Waals surface area contributed by atoms with Crippen molar-refractivity contribution in [3.63, 3.8) is 0 Å². The van der Waals surface area contributed by atoms with Gasteiger partial charge in [-0.3, -0.25) is 14.5 Å². The molecule has 9 nitrogen and oxygen atoms in total. The standard InChI is InChI=1S/C21H28N6O3/c1-2-17-13-19(28)24-21(23-17)16-3-4-18(22-14-16)26-5-7-27(8-6-26)20(29)15-25-9-11-30-12-10-25/h3-4,13-14H,2,5-12,15H2,1H3,(H,23,24,28). The lowest BCUT2D eigenvalue weighted by Crippen LogP contribution is -2.52. The minimum Gasteiger partial charge on any atom is -0.379 e. The van der Waals surface area contributed by atoms with E-state index in [-0.39, 0.29) is 11.5 Å². The van der Waals surface area contributed by atoms with Crippen molar-refractivity contribution < 1.29 is 9.53 Å². The molecule has 4 rings (SSSR count). The Morgan fingerprint density at radius 1 is 1.13 bits per heavy atom. The topological polar surface area (TPSA) is 94.7 Å². The van der Waals surface area contributed by atoms with Crippen molar-refractivity contribution in [1.29, 1.82) is 0 Å². The molecule has 0 aromatic carbocycles. The lowest BCUT2D eigenvalue weighted by molar-refractivity contribution is -0.133. The van der Waals surface area contributed by atoms with Gasteiger partial charge in [0, 0.05) is 62.8 Å². The van der Waals surface area contributed by atoms with Crippen molar-refractivity contribution in [2.75, 3.05) is 63.9 Å². The Labute approximate surface area is 175 Å². The van der Waals surface area contributed by atoms with E-state index in [4.69, 9.17) is 4.74 Å². The van der Waals surface area contributed by atoms with Crippen LogP contribution < -0.4 is 10.5 Å². The highest BCUT2D eigenvalue weighted by molar-refractivity contribution is 5.78. The summed E-state index contributed by atoms with van der Waals surface area (Å²) in [6, 6.07) is 5.39. The van der Waals surface area contributed by atoms with Crippen molar-refractivity contribution in [2.45, 2.75) is 13.3 Å². The minimum absolute atomic E-state index is 0.154. The van der Waals surface area contributed by atoms with E-state index >= 15 is 0 Å². The molecule has 30 heavy (non-hydrogen) atoms. The third-order valence-electron chi connectivity index (χ3n) is 5.60. The third kappa shape index (κ3) is 4.85. The number of amides is 1. The number of anilines is 1. The van der Waals surface area contributed by atoms with Crippen molar-refractivity contribution in [1.82, 2.24) is 24.8 Å². The Bertz CT molecular complexity index is 915. The minimum atomic E-state index is -0.154. The summed E-state index contributed by atoms with van der Waals surface area (Å²) in [7, 11) is 0. The Morgan fingerprint density at radius 3 is 2.57 bits per heavy atom. The summed E-state index contributed by atoms with van der Waals surface area (Å²) in [6.07, 6.45) is 2.44. The molecule has 0 radical (unpaired) electrons. The molecule has 160 valence electrons. The van der Waals surface area contributed by atoms with Crippen LogP contribution in [0, 0.1) is 0 Å². The SMILES string of the molecule is CCc1cc(=O)[nH]c(-c2ccc(N3CCN(C(=O)CN4CCOCC4)CC3)nc2)n1. The Morgan fingerprint density at radius 2 is 1.90 bits per heavy atom. The molecule has 2 fully saturated rings. The number of hydrogen-bond donors (Lipinski definition) is 1. The molecule has 0 unspecified atom stereocenters. The second kappa shape index (κ2) is 9.36. The largest absolute Gasteiger partial charge is 0.379 e. The van der Waals surface area contributed by atoms with Crippen LogP contribution in [0.1, 0.15) is 12.6 Å². The smallest absolute Gasteiger partial charge is 0.251 e. The highest BCUT2D eigenvalue weighted by Gasteiger charge is 2.24. The van der Waals surface area contributed by atoms with Crippen LogP contribution in [0.3, 0.4) is 0 Å². The maximum Gasteiger partial charge on any atom is 0.251 e. The maximum absolute atomic E-state index is 12.6. The zero-order valence-electron chi connectivity index (χ0n) is 17.3. The highest BCUT2D eigenvalue weighted by Crippen LogP contribution is 2.19. The van der Waals surface area contributed by atoms with Crippen LogP contribution in [0.15, 0.2) is 29.2 Å². The third-order valence-corrected chi connectivity index (χ3v) is 5.60. The fourth-order valence-electron chi connectivity index (χ4n) is 3.77. The summed E-state index contributed by atoms with van der Waals surface area (Å²) >= 11 is 0. The number of ether oxygens (including phenoxy) is 1. The lowest BCUT2D eigenvalue weighted by Gasteiger charge is -2.36. The zero-order valence-corrected chi connectivity index (χ0v) is 17.3. The Kier molecular flexibility index (Phi) is 6.39. The normalized spacial score (nSPS) is 17.9. The molecule has 0 atom stereocenters. The number of carbonyl (C=O) groups excluding carboxylic acids is 1. The van der Waals surface area contributed by atoms with Crippen molar-refractivity contribution in [3.8, 4) is 11.4 Å². The molecule has 2 aromatic heterocycles. The van der Waals surface area contributed by atoms with E-state index < -0.39 is 0 Å². The van der Waals surface area contributed by atoms with Gasteiger partial charge in [0.1, 0.15) is 11.6 Å². The first-order valence-electron chi connectivity index (χ1n) is 10.5. The monoisotopic (exact) mass is 412 g/mol. The van der Waals surface area contributed by atoms with Gasteiger partial charge in [-0.1, -0.05) is 6.92 Å². The summed E-state index contributed by atoms with van der Waals surface area (Å²) < 4.78 is 5.34. The molecule has 0 aliphatic carbocycles. The summed E-state index contributed by atoms with van der Waals surface area (Å²) in [4.78, 5) is 42.5. The number of aromatic amines is 1. The molecule has 2 aliphatic rings. The molecule has 1 amide bonds. The van der Waals surface area contributed by atoms with Gasteiger partial charge in [-0.2, -0.15) is 0 Å². The number of carbonyl (C=O) groups is 1. The van der Waals surface area contributed by atoms with Crippen LogP contribution >= 0.6 is 0 Å². The van der Waals surface area contributed by atoms with Crippen molar-refractivity contribution >= 4 is 11.7 Å². The average Bonchev–Trinajstić information content (AvgIpc) is 2.79. The first kappa shape index (κ1) is 20.5. The molecule has 2 saturated heterocycles. The van der Waals surface area contributed by atoms with Crippen LogP contribution in [0.4, 0.5) is 5.82 Å². The number of hydrogen-bond acceptors (Lipinski definition) is 7. The zero-order chi connectivity index (χ0) is 20.9. The molecule has 0 spiro atoms. The van der Waals surface area contributed by atoms with Gasteiger partial charge in [0.25, 0.3) is 5.56 Å². The van der Waals surface area contributed by atoms with Crippen molar-refractivity contribution in [2.24, 2.45) is 0 Å². The number of pyridine rings is 1. The second-order valence-electron chi connectivity index (χ2n) is 7.60. The highest BCUT2D eigenvalue weighted by atomic mass is 16.5. The molecule has 2 aliphatic heterocycles. The number of H-pyrrole nitrogens is 1. The summed E-state index contributed by atoms with van der Waals surface area (Å²) in [6.45, 7) is 8.39. The van der Waals surface area contributed by atoms with Crippen LogP contribution in [0.5, 0.6) is 0 Å². The van der Waals surface area contributed by atoms with Gasteiger partial charge < -0.3 is 19.5 Å². The van der Waals surface area contributed by atoms with Gasteiger partial charge in [0.05, 0.1) is 19.8 Å². The van der Waals surface area contributed by atoms with Gasteiger partial charge in [0.2, 0.25) is 5.91 Å². The Balaban J connectivity index is 1.34. The molecule has 0 bridgehead atoms. The van der Waals surface area contributed by atoms with Gasteiger partial charge in [-0.15, -0.1) is 0 Å². The number of aromatic nitrogens is 3. The molecule has 0 saturated carbocycles. The van der Waals surface area contributed by atoms with Gasteiger partial charge in [-0.25, -0.2) is 9.97 Å². The van der Waals surface area contributed by atoms with Crippen molar-refractivity contribution in [3.05, 3.63) is 40.4 Å². The number of piperazine rings is 1.